The zero-order chi connectivity index (χ0) is 20.9. The second kappa shape index (κ2) is 9.11. The molecule has 0 saturated carbocycles. The van der Waals surface area contributed by atoms with Crippen molar-refractivity contribution in [1.82, 2.24) is 9.80 Å². The van der Waals surface area contributed by atoms with Gasteiger partial charge in [0, 0.05) is 44.7 Å². The van der Waals surface area contributed by atoms with Crippen LogP contribution in [0.2, 0.25) is 0 Å². The molecule has 30 heavy (non-hydrogen) atoms. The van der Waals surface area contributed by atoms with E-state index in [0.717, 1.165) is 24.9 Å². The summed E-state index contributed by atoms with van der Waals surface area (Å²) in [4.78, 5) is 40.6. The fraction of sp³-hybridized carbons (Fsp3) is 0.375. The lowest BCUT2D eigenvalue weighted by molar-refractivity contribution is -0.128. The van der Waals surface area contributed by atoms with Crippen molar-refractivity contribution in [1.29, 1.82) is 0 Å². The summed E-state index contributed by atoms with van der Waals surface area (Å²) in [5.74, 6) is -0.242. The van der Waals surface area contributed by atoms with Crippen molar-refractivity contribution in [2.45, 2.75) is 32.2 Å². The molecule has 2 aliphatic heterocycles. The molecule has 2 saturated heterocycles. The number of hydrogen-bond donors (Lipinski definition) is 1. The molecule has 0 bridgehead atoms. The topological polar surface area (TPSA) is 69.7 Å². The number of benzene rings is 2. The van der Waals surface area contributed by atoms with Crippen LogP contribution in [0.4, 0.5) is 5.69 Å². The molecular formula is C24H27N3O3. The number of carbonyl (C=O) groups excluding carboxylic acids is 3. The number of amides is 3. The number of anilines is 1. The molecule has 0 spiro atoms. The van der Waals surface area contributed by atoms with Crippen molar-refractivity contribution in [2.24, 2.45) is 5.92 Å². The standard InChI is InChI=1S/C24H27N3O3/c28-22-10-5-12-26(22)16-19-8-4-9-21(14-19)25-24(30)20-15-23(29)27(17-20)13-11-18-6-2-1-3-7-18/h1-4,6-9,14,20H,5,10-13,15-17H2,(H,25,30). The zero-order valence-electron chi connectivity index (χ0n) is 17.0. The van der Waals surface area contributed by atoms with Gasteiger partial charge in [0.25, 0.3) is 0 Å². The lowest BCUT2D eigenvalue weighted by Gasteiger charge is -2.17. The van der Waals surface area contributed by atoms with Crippen molar-refractivity contribution in [3.8, 4) is 0 Å². The average molecular weight is 405 g/mol. The smallest absolute Gasteiger partial charge is 0.229 e. The van der Waals surface area contributed by atoms with E-state index < -0.39 is 0 Å². The average Bonchev–Trinajstić information content (AvgIpc) is 3.33. The molecule has 2 heterocycles. The second-order valence-electron chi connectivity index (χ2n) is 8.08. The molecule has 156 valence electrons. The maximum atomic E-state index is 12.7. The van der Waals surface area contributed by atoms with Crippen molar-refractivity contribution < 1.29 is 14.4 Å². The molecule has 2 aliphatic rings. The van der Waals surface area contributed by atoms with E-state index in [0.29, 0.717) is 31.7 Å². The SMILES string of the molecule is O=C(Nc1cccc(CN2CCCC2=O)c1)C1CC(=O)N(CCc2ccccc2)C1. The number of carbonyl (C=O) groups is 3. The molecule has 4 rings (SSSR count). The van der Waals surface area contributed by atoms with E-state index in [1.54, 1.807) is 4.90 Å². The Labute approximate surface area is 176 Å². The van der Waals surface area contributed by atoms with E-state index in [2.05, 4.69) is 5.32 Å². The van der Waals surface area contributed by atoms with Crippen molar-refractivity contribution >= 4 is 23.4 Å². The van der Waals surface area contributed by atoms with Gasteiger partial charge in [-0.1, -0.05) is 42.5 Å². The van der Waals surface area contributed by atoms with Gasteiger partial charge in [0.15, 0.2) is 0 Å². The summed E-state index contributed by atoms with van der Waals surface area (Å²) < 4.78 is 0. The van der Waals surface area contributed by atoms with E-state index in [4.69, 9.17) is 0 Å². The van der Waals surface area contributed by atoms with Gasteiger partial charge in [0.1, 0.15) is 0 Å². The van der Waals surface area contributed by atoms with E-state index in [9.17, 15) is 14.4 Å². The molecule has 6 heteroatoms. The Hall–Kier alpha value is -3.15. The number of likely N-dealkylation sites (tertiary alicyclic amines) is 2. The van der Waals surface area contributed by atoms with Gasteiger partial charge in [-0.15, -0.1) is 0 Å². The van der Waals surface area contributed by atoms with Crippen LogP contribution in [0.15, 0.2) is 54.6 Å². The van der Waals surface area contributed by atoms with Crippen LogP contribution in [0, 0.1) is 5.92 Å². The number of hydrogen-bond acceptors (Lipinski definition) is 3. The molecule has 1 atom stereocenters. The fourth-order valence-electron chi connectivity index (χ4n) is 4.16. The van der Waals surface area contributed by atoms with Crippen molar-refractivity contribution in [3.05, 3.63) is 65.7 Å². The third kappa shape index (κ3) is 4.87. The van der Waals surface area contributed by atoms with Crippen LogP contribution in [-0.4, -0.2) is 47.2 Å². The first-order chi connectivity index (χ1) is 14.6. The van der Waals surface area contributed by atoms with Crippen LogP contribution < -0.4 is 5.32 Å². The van der Waals surface area contributed by atoms with Crippen LogP contribution in [0.5, 0.6) is 0 Å². The highest BCUT2D eigenvalue weighted by Gasteiger charge is 2.34. The number of nitrogens with zero attached hydrogens (tertiary/aromatic N) is 2. The molecule has 3 amide bonds. The molecule has 1 unspecified atom stereocenters. The highest BCUT2D eigenvalue weighted by atomic mass is 16.2. The Morgan fingerprint density at radius 2 is 1.77 bits per heavy atom. The van der Waals surface area contributed by atoms with Crippen LogP contribution in [0.1, 0.15) is 30.4 Å². The summed E-state index contributed by atoms with van der Waals surface area (Å²) in [5.41, 5.74) is 2.89. The number of rotatable bonds is 7. The largest absolute Gasteiger partial charge is 0.342 e. The van der Waals surface area contributed by atoms with Gasteiger partial charge in [0.05, 0.1) is 5.92 Å². The van der Waals surface area contributed by atoms with Gasteiger partial charge >= 0.3 is 0 Å². The van der Waals surface area contributed by atoms with Crippen LogP contribution >= 0.6 is 0 Å². The predicted octanol–water partition coefficient (Wildman–Crippen LogP) is 2.84. The Balaban J connectivity index is 1.31. The van der Waals surface area contributed by atoms with Crippen molar-refractivity contribution in [2.75, 3.05) is 25.0 Å². The minimum Gasteiger partial charge on any atom is -0.342 e. The zero-order valence-corrected chi connectivity index (χ0v) is 17.0. The second-order valence-corrected chi connectivity index (χ2v) is 8.08. The van der Waals surface area contributed by atoms with Gasteiger partial charge in [-0.25, -0.2) is 0 Å². The molecule has 2 aromatic rings. The first-order valence-corrected chi connectivity index (χ1v) is 10.6. The fourth-order valence-corrected chi connectivity index (χ4v) is 4.16. The van der Waals surface area contributed by atoms with Gasteiger partial charge in [0.2, 0.25) is 17.7 Å². The molecule has 1 N–H and O–H groups in total. The summed E-state index contributed by atoms with van der Waals surface area (Å²) >= 11 is 0. The van der Waals surface area contributed by atoms with Gasteiger partial charge in [-0.3, -0.25) is 14.4 Å². The van der Waals surface area contributed by atoms with Crippen LogP contribution in [0.25, 0.3) is 0 Å². The van der Waals surface area contributed by atoms with Crippen molar-refractivity contribution in [3.63, 3.8) is 0 Å². The summed E-state index contributed by atoms with van der Waals surface area (Å²) in [7, 11) is 0. The summed E-state index contributed by atoms with van der Waals surface area (Å²) in [5, 5.41) is 2.95. The molecule has 2 aromatic carbocycles. The molecule has 6 nitrogen and oxygen atoms in total. The highest BCUT2D eigenvalue weighted by molar-refractivity contribution is 5.97. The summed E-state index contributed by atoms with van der Waals surface area (Å²) in [6.07, 6.45) is 2.57. The Bertz CT molecular complexity index is 928. The highest BCUT2D eigenvalue weighted by Crippen LogP contribution is 2.22. The third-order valence-corrected chi connectivity index (χ3v) is 5.84. The maximum Gasteiger partial charge on any atom is 0.229 e. The molecule has 0 aliphatic carbocycles. The first-order valence-electron chi connectivity index (χ1n) is 10.6. The lowest BCUT2D eigenvalue weighted by Crippen LogP contribution is -2.30. The summed E-state index contributed by atoms with van der Waals surface area (Å²) in [6, 6.07) is 17.7. The maximum absolute atomic E-state index is 12.7. The third-order valence-electron chi connectivity index (χ3n) is 5.84. The first kappa shape index (κ1) is 20.1. The van der Waals surface area contributed by atoms with Gasteiger partial charge in [-0.05, 0) is 36.1 Å². The number of nitrogens with one attached hydrogen (secondary N) is 1. The Morgan fingerprint density at radius 3 is 2.53 bits per heavy atom. The molecular weight excluding hydrogens is 378 g/mol. The quantitative estimate of drug-likeness (QED) is 0.770. The van der Waals surface area contributed by atoms with Gasteiger partial charge in [-0.2, -0.15) is 0 Å². The molecule has 0 aromatic heterocycles. The Kier molecular flexibility index (Phi) is 6.12. The van der Waals surface area contributed by atoms with E-state index in [1.165, 1.54) is 5.56 Å². The van der Waals surface area contributed by atoms with E-state index in [1.807, 2.05) is 59.5 Å². The van der Waals surface area contributed by atoms with E-state index in [-0.39, 0.29) is 30.1 Å². The van der Waals surface area contributed by atoms with E-state index >= 15 is 0 Å². The normalized spacial score (nSPS) is 18.9. The Morgan fingerprint density at radius 1 is 0.967 bits per heavy atom. The molecule has 2 fully saturated rings. The monoisotopic (exact) mass is 405 g/mol. The minimum atomic E-state index is -0.336. The van der Waals surface area contributed by atoms with Gasteiger partial charge < -0.3 is 15.1 Å². The lowest BCUT2D eigenvalue weighted by atomic mass is 10.1. The summed E-state index contributed by atoms with van der Waals surface area (Å²) in [6.45, 7) is 2.45. The molecule has 0 radical (unpaired) electrons. The minimum absolute atomic E-state index is 0.0346. The predicted molar refractivity (Wildman–Crippen MR) is 115 cm³/mol. The van der Waals surface area contributed by atoms with Crippen LogP contribution in [-0.2, 0) is 27.3 Å². The van der Waals surface area contributed by atoms with Crippen LogP contribution in [0.3, 0.4) is 0 Å².